The lowest BCUT2D eigenvalue weighted by atomic mass is 10.1. The summed E-state index contributed by atoms with van der Waals surface area (Å²) in [7, 11) is -1.78. The summed E-state index contributed by atoms with van der Waals surface area (Å²) >= 11 is 7.08. The number of rotatable bonds is 4. The molecule has 0 spiro atoms. The third-order valence-electron chi connectivity index (χ3n) is 3.39. The number of hydrogen-bond acceptors (Lipinski definition) is 4. The Morgan fingerprint density at radius 1 is 1.58 bits per heavy atom. The fourth-order valence-corrected chi connectivity index (χ4v) is 5.67. The van der Waals surface area contributed by atoms with Crippen LogP contribution in [0.5, 0.6) is 0 Å². The molecule has 1 aliphatic heterocycles. The quantitative estimate of drug-likeness (QED) is 0.800. The van der Waals surface area contributed by atoms with E-state index < -0.39 is 10.0 Å². The molecular weight excluding hydrogens is 306 g/mol. The van der Waals surface area contributed by atoms with Crippen LogP contribution in [0.4, 0.5) is 0 Å². The van der Waals surface area contributed by atoms with Gasteiger partial charge in [0, 0.05) is 25.1 Å². The van der Waals surface area contributed by atoms with Gasteiger partial charge in [0.2, 0.25) is 0 Å². The van der Waals surface area contributed by atoms with E-state index in [1.54, 1.807) is 13.2 Å². The molecule has 2 heterocycles. The number of nitrogens with zero attached hydrogens (tertiary/aromatic N) is 1. The molecule has 0 amide bonds. The molecule has 7 heteroatoms. The smallest absolute Gasteiger partial charge is 0.252 e. The molecule has 4 nitrogen and oxygen atoms in total. The number of sulfonamides is 1. The highest BCUT2D eigenvalue weighted by Crippen LogP contribution is 2.31. The van der Waals surface area contributed by atoms with Gasteiger partial charge in [0.1, 0.15) is 4.21 Å². The Bertz CT molecular complexity index is 541. The highest BCUT2D eigenvalue weighted by Gasteiger charge is 2.31. The Hall–Kier alpha value is -0.140. The van der Waals surface area contributed by atoms with E-state index in [2.05, 4.69) is 0 Å². The number of alkyl halides is 1. The number of thiophene rings is 1. The van der Waals surface area contributed by atoms with Gasteiger partial charge in [-0.25, -0.2) is 8.42 Å². The van der Waals surface area contributed by atoms with E-state index in [0.717, 1.165) is 23.3 Å². The van der Waals surface area contributed by atoms with Crippen molar-refractivity contribution in [3.63, 3.8) is 0 Å². The lowest BCUT2D eigenvalue weighted by molar-refractivity contribution is 0.0572. The summed E-state index contributed by atoms with van der Waals surface area (Å²) in [5.74, 6) is 0.354. The Kier molecular flexibility index (Phi) is 4.89. The van der Waals surface area contributed by atoms with E-state index in [-0.39, 0.29) is 6.10 Å². The maximum Gasteiger partial charge on any atom is 0.252 e. The van der Waals surface area contributed by atoms with Crippen molar-refractivity contribution in [1.82, 2.24) is 4.31 Å². The van der Waals surface area contributed by atoms with Crippen molar-refractivity contribution in [3.8, 4) is 0 Å². The molecule has 0 N–H and O–H groups in total. The highest BCUT2D eigenvalue weighted by molar-refractivity contribution is 7.91. The van der Waals surface area contributed by atoms with Gasteiger partial charge in [-0.3, -0.25) is 0 Å². The van der Waals surface area contributed by atoms with Crippen LogP contribution < -0.4 is 0 Å². The molecule has 19 heavy (non-hydrogen) atoms. The molecule has 1 aliphatic rings. The van der Waals surface area contributed by atoms with Crippen LogP contribution in [0.3, 0.4) is 0 Å². The molecule has 1 aromatic rings. The molecule has 1 saturated heterocycles. The van der Waals surface area contributed by atoms with Crippen molar-refractivity contribution in [1.29, 1.82) is 0 Å². The Morgan fingerprint density at radius 2 is 2.32 bits per heavy atom. The Labute approximate surface area is 123 Å². The average molecular weight is 324 g/mol. The molecule has 1 atom stereocenters. The fraction of sp³-hybridized carbons (Fsp3) is 0.667. The van der Waals surface area contributed by atoms with Gasteiger partial charge in [-0.05, 0) is 31.4 Å². The predicted octanol–water partition coefficient (Wildman–Crippen LogP) is 2.59. The van der Waals surface area contributed by atoms with Crippen molar-refractivity contribution in [3.05, 3.63) is 16.5 Å². The van der Waals surface area contributed by atoms with Gasteiger partial charge in [-0.15, -0.1) is 22.9 Å². The Morgan fingerprint density at radius 3 is 2.89 bits per heavy atom. The summed E-state index contributed by atoms with van der Waals surface area (Å²) in [6, 6.07) is 1.72. The second-order valence-corrected chi connectivity index (χ2v) is 8.24. The molecule has 1 unspecified atom stereocenters. The normalized spacial score (nSPS) is 21.7. The third-order valence-corrected chi connectivity index (χ3v) is 7.36. The van der Waals surface area contributed by atoms with Crippen molar-refractivity contribution in [2.75, 3.05) is 20.2 Å². The summed E-state index contributed by atoms with van der Waals surface area (Å²) < 4.78 is 32.3. The SMILES string of the molecule is COC1CCCN(S(=O)(=O)c2cc(C)c(CCl)s2)C1. The van der Waals surface area contributed by atoms with Gasteiger partial charge in [0.15, 0.2) is 0 Å². The summed E-state index contributed by atoms with van der Waals surface area (Å²) in [5, 5.41) is 0. The van der Waals surface area contributed by atoms with Crippen LogP contribution in [0.2, 0.25) is 0 Å². The lowest BCUT2D eigenvalue weighted by Gasteiger charge is -2.30. The second-order valence-electron chi connectivity index (χ2n) is 4.67. The average Bonchev–Trinajstić information content (AvgIpc) is 2.80. The van der Waals surface area contributed by atoms with Crippen LogP contribution in [0.15, 0.2) is 10.3 Å². The molecule has 0 radical (unpaired) electrons. The molecule has 1 fully saturated rings. The van der Waals surface area contributed by atoms with E-state index >= 15 is 0 Å². The first-order valence-electron chi connectivity index (χ1n) is 6.17. The number of aryl methyl sites for hydroxylation is 1. The molecule has 0 aromatic carbocycles. The third kappa shape index (κ3) is 3.13. The van der Waals surface area contributed by atoms with E-state index in [4.69, 9.17) is 16.3 Å². The monoisotopic (exact) mass is 323 g/mol. The first-order chi connectivity index (χ1) is 8.98. The van der Waals surface area contributed by atoms with E-state index in [1.807, 2.05) is 6.92 Å². The zero-order chi connectivity index (χ0) is 14.0. The molecule has 108 valence electrons. The zero-order valence-electron chi connectivity index (χ0n) is 11.1. The number of piperidine rings is 1. The number of hydrogen-bond donors (Lipinski definition) is 0. The highest BCUT2D eigenvalue weighted by atomic mass is 35.5. The minimum atomic E-state index is -3.40. The molecule has 0 aliphatic carbocycles. The van der Waals surface area contributed by atoms with Crippen molar-refractivity contribution in [2.24, 2.45) is 0 Å². The minimum absolute atomic E-state index is 0.00270. The summed E-state index contributed by atoms with van der Waals surface area (Å²) in [5.41, 5.74) is 0.943. The largest absolute Gasteiger partial charge is 0.380 e. The van der Waals surface area contributed by atoms with Gasteiger partial charge >= 0.3 is 0 Å². The second kappa shape index (κ2) is 6.10. The van der Waals surface area contributed by atoms with Crippen LogP contribution in [-0.2, 0) is 20.6 Å². The first-order valence-corrected chi connectivity index (χ1v) is 8.96. The maximum atomic E-state index is 12.6. The van der Waals surface area contributed by atoms with Crippen LogP contribution in [0.25, 0.3) is 0 Å². The zero-order valence-corrected chi connectivity index (χ0v) is 13.4. The summed E-state index contributed by atoms with van der Waals surface area (Å²) in [6.07, 6.45) is 1.75. The van der Waals surface area contributed by atoms with Gasteiger partial charge < -0.3 is 4.74 Å². The van der Waals surface area contributed by atoms with Gasteiger partial charge in [-0.2, -0.15) is 4.31 Å². The first kappa shape index (κ1) is 15.3. The number of ether oxygens (including phenoxy) is 1. The summed E-state index contributed by atoms with van der Waals surface area (Å²) in [4.78, 5) is 0.917. The number of methoxy groups -OCH3 is 1. The van der Waals surface area contributed by atoms with Crippen LogP contribution >= 0.6 is 22.9 Å². The fourth-order valence-electron chi connectivity index (χ4n) is 2.19. The van der Waals surface area contributed by atoms with Gasteiger partial charge in [-0.1, -0.05) is 0 Å². The van der Waals surface area contributed by atoms with Crippen LogP contribution in [-0.4, -0.2) is 39.0 Å². The summed E-state index contributed by atoms with van der Waals surface area (Å²) in [6.45, 7) is 2.89. The Balaban J connectivity index is 2.25. The van der Waals surface area contributed by atoms with E-state index in [1.165, 1.54) is 15.6 Å². The van der Waals surface area contributed by atoms with Gasteiger partial charge in [0.05, 0.1) is 12.0 Å². The van der Waals surface area contributed by atoms with Crippen LogP contribution in [0.1, 0.15) is 23.3 Å². The predicted molar refractivity (Wildman–Crippen MR) is 77.4 cm³/mol. The lowest BCUT2D eigenvalue weighted by Crippen LogP contribution is -2.42. The molecule has 0 bridgehead atoms. The topological polar surface area (TPSA) is 46.6 Å². The van der Waals surface area contributed by atoms with Crippen LogP contribution in [0, 0.1) is 6.92 Å². The van der Waals surface area contributed by atoms with Crippen molar-refractivity contribution in [2.45, 2.75) is 36.0 Å². The standard InChI is InChI=1S/C12H18ClNO3S2/c1-9-6-12(18-11(9)7-13)19(15,16)14-5-3-4-10(8-14)17-2/h6,10H,3-5,7-8H2,1-2H3. The minimum Gasteiger partial charge on any atom is -0.380 e. The molecule has 2 rings (SSSR count). The van der Waals surface area contributed by atoms with Crippen molar-refractivity contribution < 1.29 is 13.2 Å². The van der Waals surface area contributed by atoms with E-state index in [0.29, 0.717) is 23.2 Å². The molecule has 0 saturated carbocycles. The molecule has 1 aromatic heterocycles. The molecular formula is C12H18ClNO3S2. The van der Waals surface area contributed by atoms with Crippen molar-refractivity contribution >= 4 is 33.0 Å². The number of halogens is 1. The van der Waals surface area contributed by atoms with Gasteiger partial charge in [0.25, 0.3) is 10.0 Å². The maximum absolute atomic E-state index is 12.6. The van der Waals surface area contributed by atoms with E-state index in [9.17, 15) is 8.42 Å².